The van der Waals surface area contributed by atoms with E-state index in [1.165, 1.54) is 12.1 Å². The fraction of sp³-hybridized carbons (Fsp3) is 0.350. The molecule has 27 heavy (non-hydrogen) atoms. The molecule has 3 aromatic rings. The van der Waals surface area contributed by atoms with Gasteiger partial charge in [0.05, 0.1) is 23.7 Å². The largest absolute Gasteiger partial charge is 0.477 e. The van der Waals surface area contributed by atoms with Crippen LogP contribution in [0.4, 0.5) is 4.39 Å². The lowest BCUT2D eigenvalue weighted by molar-refractivity contribution is 0.0596. The van der Waals surface area contributed by atoms with Crippen molar-refractivity contribution in [2.45, 2.75) is 32.2 Å². The van der Waals surface area contributed by atoms with E-state index in [1.54, 1.807) is 24.4 Å². The molecule has 1 N–H and O–H groups in total. The molecular formula is C20H21FN4O2. The molecular weight excluding hydrogens is 347 g/mol. The van der Waals surface area contributed by atoms with Gasteiger partial charge in [-0.1, -0.05) is 0 Å². The van der Waals surface area contributed by atoms with Crippen LogP contribution in [0.5, 0.6) is 5.88 Å². The molecule has 140 valence electrons. The first-order valence-electron chi connectivity index (χ1n) is 9.21. The Bertz CT molecular complexity index is 972. The van der Waals surface area contributed by atoms with E-state index in [0.29, 0.717) is 41.5 Å². The molecule has 1 fully saturated rings. The molecule has 1 aliphatic rings. The lowest BCUT2D eigenvalue weighted by Gasteiger charge is -2.34. The van der Waals surface area contributed by atoms with E-state index in [-0.39, 0.29) is 17.8 Å². The predicted octanol–water partition coefficient (Wildman–Crippen LogP) is 3.86. The first-order valence-corrected chi connectivity index (χ1v) is 9.21. The molecule has 1 aromatic carbocycles. The van der Waals surface area contributed by atoms with Gasteiger partial charge in [-0.3, -0.25) is 4.79 Å². The molecule has 1 aliphatic heterocycles. The summed E-state index contributed by atoms with van der Waals surface area (Å²) < 4.78 is 19.0. The number of hydrogen-bond acceptors (Lipinski definition) is 4. The maximum Gasteiger partial charge on any atom is 0.259 e. The zero-order chi connectivity index (χ0) is 18.8. The van der Waals surface area contributed by atoms with Crippen molar-refractivity contribution in [3.05, 3.63) is 53.7 Å². The summed E-state index contributed by atoms with van der Waals surface area (Å²) >= 11 is 0. The van der Waals surface area contributed by atoms with Crippen LogP contribution in [0.2, 0.25) is 0 Å². The molecule has 0 bridgehead atoms. The zero-order valence-corrected chi connectivity index (χ0v) is 15.1. The SMILES string of the molecule is CCOc1ncccc1C(=O)N1CCCC[C@@H]1c1nc2ccc(F)cc2[nH]1. The molecule has 2 aromatic heterocycles. The van der Waals surface area contributed by atoms with Crippen molar-refractivity contribution in [2.24, 2.45) is 0 Å². The Morgan fingerprint density at radius 3 is 3.11 bits per heavy atom. The number of carbonyl (C=O) groups is 1. The van der Waals surface area contributed by atoms with Crippen LogP contribution < -0.4 is 4.74 Å². The van der Waals surface area contributed by atoms with Crippen LogP contribution in [0, 0.1) is 5.82 Å². The normalized spacial score (nSPS) is 17.3. The summed E-state index contributed by atoms with van der Waals surface area (Å²) in [7, 11) is 0. The van der Waals surface area contributed by atoms with E-state index < -0.39 is 0 Å². The van der Waals surface area contributed by atoms with Gasteiger partial charge in [-0.2, -0.15) is 0 Å². The van der Waals surface area contributed by atoms with Crippen LogP contribution in [0.1, 0.15) is 48.4 Å². The van der Waals surface area contributed by atoms with Crippen LogP contribution in [0.3, 0.4) is 0 Å². The van der Waals surface area contributed by atoms with E-state index in [9.17, 15) is 9.18 Å². The van der Waals surface area contributed by atoms with Gasteiger partial charge in [0.2, 0.25) is 5.88 Å². The molecule has 1 amide bonds. The van der Waals surface area contributed by atoms with E-state index in [2.05, 4.69) is 15.0 Å². The Labute approximate surface area is 156 Å². The number of ether oxygens (including phenoxy) is 1. The van der Waals surface area contributed by atoms with Crippen molar-refractivity contribution >= 4 is 16.9 Å². The fourth-order valence-corrected chi connectivity index (χ4v) is 3.58. The number of benzene rings is 1. The maximum atomic E-state index is 13.5. The van der Waals surface area contributed by atoms with Gasteiger partial charge in [0.15, 0.2) is 0 Å². The van der Waals surface area contributed by atoms with Gasteiger partial charge in [-0.25, -0.2) is 14.4 Å². The maximum absolute atomic E-state index is 13.5. The summed E-state index contributed by atoms with van der Waals surface area (Å²) in [6, 6.07) is 7.75. The third kappa shape index (κ3) is 3.37. The molecule has 1 atom stereocenters. The van der Waals surface area contributed by atoms with Crippen molar-refractivity contribution in [1.29, 1.82) is 0 Å². The van der Waals surface area contributed by atoms with Crippen LogP contribution in [0.15, 0.2) is 36.5 Å². The second-order valence-electron chi connectivity index (χ2n) is 6.58. The molecule has 0 saturated carbocycles. The van der Waals surface area contributed by atoms with Crippen molar-refractivity contribution in [3.8, 4) is 5.88 Å². The topological polar surface area (TPSA) is 71.1 Å². The van der Waals surface area contributed by atoms with Gasteiger partial charge in [-0.15, -0.1) is 0 Å². The molecule has 7 heteroatoms. The van der Waals surface area contributed by atoms with Gasteiger partial charge in [0.25, 0.3) is 5.91 Å². The Morgan fingerprint density at radius 2 is 2.26 bits per heavy atom. The number of carbonyl (C=O) groups excluding carboxylic acids is 1. The van der Waals surface area contributed by atoms with Gasteiger partial charge in [0, 0.05) is 12.7 Å². The number of aromatic nitrogens is 3. The number of aromatic amines is 1. The predicted molar refractivity (Wildman–Crippen MR) is 99.1 cm³/mol. The number of halogens is 1. The molecule has 0 aliphatic carbocycles. The van der Waals surface area contributed by atoms with Gasteiger partial charge < -0.3 is 14.6 Å². The molecule has 1 saturated heterocycles. The van der Waals surface area contributed by atoms with E-state index in [1.807, 2.05) is 11.8 Å². The summed E-state index contributed by atoms with van der Waals surface area (Å²) in [4.78, 5) is 27.1. The van der Waals surface area contributed by atoms with Gasteiger partial charge in [-0.05, 0) is 56.5 Å². The van der Waals surface area contributed by atoms with E-state index >= 15 is 0 Å². The Balaban J connectivity index is 1.68. The number of pyridine rings is 1. The second-order valence-corrected chi connectivity index (χ2v) is 6.58. The van der Waals surface area contributed by atoms with Crippen LogP contribution in [-0.4, -0.2) is 38.9 Å². The summed E-state index contributed by atoms with van der Waals surface area (Å²) in [5.41, 5.74) is 1.79. The lowest BCUT2D eigenvalue weighted by atomic mass is 10.0. The van der Waals surface area contributed by atoms with E-state index in [4.69, 9.17) is 4.74 Å². The van der Waals surface area contributed by atoms with Crippen LogP contribution in [-0.2, 0) is 0 Å². The highest BCUT2D eigenvalue weighted by atomic mass is 19.1. The Kier molecular flexibility index (Phi) is 4.75. The number of amides is 1. The highest BCUT2D eigenvalue weighted by Gasteiger charge is 2.32. The number of hydrogen-bond donors (Lipinski definition) is 1. The van der Waals surface area contributed by atoms with Crippen molar-refractivity contribution in [1.82, 2.24) is 19.9 Å². The van der Waals surface area contributed by atoms with E-state index in [0.717, 1.165) is 19.3 Å². The Morgan fingerprint density at radius 1 is 1.37 bits per heavy atom. The molecule has 4 rings (SSSR count). The summed E-state index contributed by atoms with van der Waals surface area (Å²) in [6.45, 7) is 2.94. The molecule has 6 nitrogen and oxygen atoms in total. The molecule has 3 heterocycles. The van der Waals surface area contributed by atoms with Gasteiger partial charge in [0.1, 0.15) is 17.2 Å². The van der Waals surface area contributed by atoms with Crippen LogP contribution in [0.25, 0.3) is 11.0 Å². The number of rotatable bonds is 4. The third-order valence-electron chi connectivity index (χ3n) is 4.82. The second kappa shape index (κ2) is 7.34. The highest BCUT2D eigenvalue weighted by molar-refractivity contribution is 5.96. The quantitative estimate of drug-likeness (QED) is 0.759. The minimum Gasteiger partial charge on any atom is -0.477 e. The minimum atomic E-state index is -0.314. The standard InChI is InChI=1S/C20H21FN4O2/c1-2-27-19-14(6-5-10-22-19)20(26)25-11-4-3-7-17(25)18-23-15-9-8-13(21)12-16(15)24-18/h5-6,8-10,12,17H,2-4,7,11H2,1H3,(H,23,24)/t17-/m1/s1. The lowest BCUT2D eigenvalue weighted by Crippen LogP contribution is -2.39. The highest BCUT2D eigenvalue weighted by Crippen LogP contribution is 2.33. The summed E-state index contributed by atoms with van der Waals surface area (Å²) in [6.07, 6.45) is 4.36. The number of fused-ring (bicyclic) bond motifs is 1. The van der Waals surface area contributed by atoms with Crippen molar-refractivity contribution in [2.75, 3.05) is 13.2 Å². The number of H-pyrrole nitrogens is 1. The average Bonchev–Trinajstić information content (AvgIpc) is 3.11. The zero-order valence-electron chi connectivity index (χ0n) is 15.1. The number of nitrogens with one attached hydrogen (secondary N) is 1. The van der Waals surface area contributed by atoms with Gasteiger partial charge >= 0.3 is 0 Å². The monoisotopic (exact) mass is 368 g/mol. The number of piperidine rings is 1. The van der Waals surface area contributed by atoms with Crippen molar-refractivity contribution < 1.29 is 13.9 Å². The van der Waals surface area contributed by atoms with Crippen molar-refractivity contribution in [3.63, 3.8) is 0 Å². The number of likely N-dealkylation sites (tertiary alicyclic amines) is 1. The smallest absolute Gasteiger partial charge is 0.259 e. The molecule has 0 unspecified atom stereocenters. The molecule has 0 radical (unpaired) electrons. The minimum absolute atomic E-state index is 0.122. The summed E-state index contributed by atoms with van der Waals surface area (Å²) in [5, 5.41) is 0. The Hall–Kier alpha value is -2.96. The third-order valence-corrected chi connectivity index (χ3v) is 4.82. The van der Waals surface area contributed by atoms with Crippen LogP contribution >= 0.6 is 0 Å². The number of imidazole rings is 1. The fourth-order valence-electron chi connectivity index (χ4n) is 3.58. The number of nitrogens with zero attached hydrogens (tertiary/aromatic N) is 3. The summed E-state index contributed by atoms with van der Waals surface area (Å²) in [5.74, 6) is 0.598. The average molecular weight is 368 g/mol. The first-order chi connectivity index (χ1) is 13.2. The molecule has 0 spiro atoms. The first kappa shape index (κ1) is 17.5.